The maximum atomic E-state index is 12.5. The zero-order valence-corrected chi connectivity index (χ0v) is 36.1. The number of methoxy groups -OCH3 is 2. The van der Waals surface area contributed by atoms with E-state index in [1.165, 1.54) is 11.1 Å². The molecule has 0 unspecified atom stereocenters. The van der Waals surface area contributed by atoms with Gasteiger partial charge in [-0.1, -0.05) is 62.3 Å². The van der Waals surface area contributed by atoms with Crippen molar-refractivity contribution in [2.75, 3.05) is 19.1 Å². The van der Waals surface area contributed by atoms with Crippen LogP contribution in [0.15, 0.2) is 70.4 Å². The quantitative estimate of drug-likeness (QED) is 0.0911. The number of fused-ring (bicyclic) bond motifs is 4. The van der Waals surface area contributed by atoms with E-state index in [9.17, 15) is 9.59 Å². The molecule has 2 N–H and O–H groups in total. The van der Waals surface area contributed by atoms with E-state index in [2.05, 4.69) is 70.7 Å². The number of nitrogens with zero attached hydrogens (tertiary/aromatic N) is 2. The molecule has 13 heteroatoms. The van der Waals surface area contributed by atoms with Gasteiger partial charge < -0.3 is 9.47 Å². The molecule has 7 rings (SSSR count). The fourth-order valence-electron chi connectivity index (χ4n) is 10.2. The number of hydrogen-bond donors (Lipinski definition) is 2. The van der Waals surface area contributed by atoms with Gasteiger partial charge >= 0.3 is 0 Å². The molecule has 0 bridgehead atoms. The molecule has 2 heterocycles. The minimum absolute atomic E-state index is 0.283. The number of halogens is 1. The number of rotatable bonds is 7. The Balaban J connectivity index is 1.33. The van der Waals surface area contributed by atoms with Crippen LogP contribution in [0.25, 0.3) is 0 Å². The van der Waals surface area contributed by atoms with Crippen LogP contribution in [0.1, 0.15) is 106 Å². The summed E-state index contributed by atoms with van der Waals surface area (Å²) in [5.41, 5.74) is 9.55. The van der Waals surface area contributed by atoms with Crippen molar-refractivity contribution < 1.29 is 42.8 Å². The maximum Gasteiger partial charge on any atom is 0.298 e. The van der Waals surface area contributed by atoms with Gasteiger partial charge in [0.05, 0.1) is 31.2 Å². The van der Waals surface area contributed by atoms with E-state index in [0.29, 0.717) is 5.03 Å². The Labute approximate surface area is 359 Å². The number of carbonyl (C=O) groups excluding carboxylic acids is 2. The molecule has 0 saturated heterocycles. The van der Waals surface area contributed by atoms with Gasteiger partial charge in [-0.05, 0) is 105 Å². The van der Waals surface area contributed by atoms with E-state index in [0.717, 1.165) is 140 Å². The third kappa shape index (κ3) is 8.05. The number of carbonyl (C=O) groups is 2. The summed E-state index contributed by atoms with van der Waals surface area (Å²) in [5.74, 6) is 6.90. The standard InChI is InChI=1S/C46H47ClN2O8S2/c1-30-36(54-3)18-16-34-42(30)45(24-7-5-8-25-45)38(48(34)28-22-40(50)58-56-52)20-14-32-12-11-13-33(44(32)47)15-21-39-46(26-9-6-10-27-46)43-31(2)37(55-4)19-17-35(43)49(39)29-23-41(51)59-57-53/h14-21H,5-13,24-27H2,1-4H3,(H-,52,53)/p+1. The monoisotopic (exact) mass is 855 g/mol. The van der Waals surface area contributed by atoms with E-state index in [1.54, 1.807) is 14.2 Å². The molecule has 2 fully saturated rings. The molecule has 59 heavy (non-hydrogen) atoms. The molecule has 2 aromatic rings. The molecule has 10 nitrogen and oxygen atoms in total. The second-order valence-corrected chi connectivity index (χ2v) is 17.3. The molecule has 2 aromatic carbocycles. The van der Waals surface area contributed by atoms with E-state index >= 15 is 0 Å². The summed E-state index contributed by atoms with van der Waals surface area (Å²) in [4.78, 5) is 26.8. The summed E-state index contributed by atoms with van der Waals surface area (Å²) in [5, 5.41) is 17.2. The fraction of sp³-hybridized carbons (Fsp3) is 0.413. The van der Waals surface area contributed by atoms with Crippen molar-refractivity contribution in [3.8, 4) is 35.4 Å². The molecular formula is C46H48ClN2O8S2+. The average Bonchev–Trinajstić information content (AvgIpc) is 3.64. The number of benzene rings is 2. The van der Waals surface area contributed by atoms with Crippen LogP contribution in [0.3, 0.4) is 0 Å². The second kappa shape index (κ2) is 18.6. The Morgan fingerprint density at radius 1 is 0.780 bits per heavy atom. The highest BCUT2D eigenvalue weighted by Gasteiger charge is 2.53. The first-order valence-corrected chi connectivity index (χ1v) is 21.9. The SMILES string of the molecule is COc1ccc2c(c1C)C1(CCCCC1)C(/C=C/C1=C(Cl)C(=C/C=C3\N(C#CC(=O)SOO)c4ccc(OC)c(C)c4C34CCCCC4)/CCC1)=[N+]2C#CC(=O)SOO. The second-order valence-electron chi connectivity index (χ2n) is 15.5. The molecule has 0 radical (unpaired) electrons. The minimum Gasteiger partial charge on any atom is -0.496 e. The first-order chi connectivity index (χ1) is 28.6. The molecule has 0 amide bonds. The van der Waals surface area contributed by atoms with Gasteiger partial charge in [0.25, 0.3) is 10.2 Å². The predicted molar refractivity (Wildman–Crippen MR) is 233 cm³/mol. The van der Waals surface area contributed by atoms with Crippen molar-refractivity contribution in [1.82, 2.24) is 0 Å². The highest BCUT2D eigenvalue weighted by Crippen LogP contribution is 2.58. The summed E-state index contributed by atoms with van der Waals surface area (Å²) < 4.78 is 21.5. The van der Waals surface area contributed by atoms with Crippen molar-refractivity contribution in [3.63, 3.8) is 0 Å². The summed E-state index contributed by atoms with van der Waals surface area (Å²) in [6, 6.07) is 14.1. The van der Waals surface area contributed by atoms with Crippen molar-refractivity contribution in [2.45, 2.75) is 108 Å². The van der Waals surface area contributed by atoms with Gasteiger partial charge in [0.2, 0.25) is 17.4 Å². The molecule has 3 aliphatic carbocycles. The Morgan fingerprint density at radius 2 is 1.39 bits per heavy atom. The lowest BCUT2D eigenvalue weighted by Gasteiger charge is -2.36. The van der Waals surface area contributed by atoms with Crippen LogP contribution in [-0.2, 0) is 29.1 Å². The van der Waals surface area contributed by atoms with Crippen LogP contribution in [0.2, 0.25) is 0 Å². The Bertz CT molecular complexity index is 2330. The molecule has 5 aliphatic rings. The lowest BCUT2D eigenvalue weighted by atomic mass is 9.66. The van der Waals surface area contributed by atoms with Gasteiger partial charge in [-0.3, -0.25) is 14.5 Å². The molecular weight excluding hydrogens is 808 g/mol. The van der Waals surface area contributed by atoms with Gasteiger partial charge in [-0.15, -0.1) is 4.58 Å². The summed E-state index contributed by atoms with van der Waals surface area (Å²) in [6.07, 6.45) is 21.1. The third-order valence-corrected chi connectivity index (χ3v) is 13.8. The predicted octanol–water partition coefficient (Wildman–Crippen LogP) is 10.6. The number of hydrogen-bond acceptors (Lipinski definition) is 11. The normalized spacial score (nSPS) is 20.5. The first-order valence-electron chi connectivity index (χ1n) is 20.0. The lowest BCUT2D eigenvalue weighted by Crippen LogP contribution is -2.36. The Morgan fingerprint density at radius 3 is 2.03 bits per heavy atom. The van der Waals surface area contributed by atoms with Crippen LogP contribution in [0.4, 0.5) is 11.4 Å². The molecule has 2 spiro atoms. The van der Waals surface area contributed by atoms with Crippen LogP contribution in [0.5, 0.6) is 11.5 Å². The molecule has 2 aliphatic heterocycles. The summed E-state index contributed by atoms with van der Waals surface area (Å²) >= 11 is 7.93. The maximum absolute atomic E-state index is 12.5. The molecule has 308 valence electrons. The number of anilines is 1. The van der Waals surface area contributed by atoms with Crippen LogP contribution in [0, 0.1) is 37.8 Å². The summed E-state index contributed by atoms with van der Waals surface area (Å²) in [7, 11) is 3.36. The smallest absolute Gasteiger partial charge is 0.298 e. The van der Waals surface area contributed by atoms with Gasteiger partial charge in [-0.25, -0.2) is 10.5 Å². The lowest BCUT2D eigenvalue weighted by molar-refractivity contribution is -0.332. The van der Waals surface area contributed by atoms with Crippen molar-refractivity contribution in [2.24, 2.45) is 0 Å². The topological polar surface area (TPSA) is 118 Å². The highest BCUT2D eigenvalue weighted by molar-refractivity contribution is 8.10. The number of allylic oxidation sites excluding steroid dienone is 8. The van der Waals surface area contributed by atoms with E-state index in [4.69, 9.17) is 31.6 Å². The minimum atomic E-state index is -0.613. The average molecular weight is 856 g/mol. The zero-order chi connectivity index (χ0) is 41.7. The number of ether oxygens (including phenoxy) is 2. The highest BCUT2D eigenvalue weighted by atomic mass is 35.5. The molecule has 2 saturated carbocycles. The zero-order valence-electron chi connectivity index (χ0n) is 33.7. The molecule has 0 aromatic heterocycles. The van der Waals surface area contributed by atoms with Gasteiger partial charge in [0.1, 0.15) is 35.6 Å². The van der Waals surface area contributed by atoms with E-state index in [-0.39, 0.29) is 34.9 Å². The first kappa shape index (κ1) is 42.9. The van der Waals surface area contributed by atoms with Crippen molar-refractivity contribution in [3.05, 3.63) is 92.7 Å². The Kier molecular flexibility index (Phi) is 13.5. The van der Waals surface area contributed by atoms with E-state index < -0.39 is 10.2 Å². The van der Waals surface area contributed by atoms with Crippen LogP contribution in [-0.4, -0.2) is 45.3 Å². The van der Waals surface area contributed by atoms with Crippen LogP contribution >= 0.6 is 35.7 Å². The summed E-state index contributed by atoms with van der Waals surface area (Å²) in [6.45, 7) is 4.17. The van der Waals surface area contributed by atoms with Crippen LogP contribution < -0.4 is 14.4 Å². The van der Waals surface area contributed by atoms with Crippen molar-refractivity contribution >= 4 is 63.0 Å². The van der Waals surface area contributed by atoms with E-state index in [1.807, 2.05) is 33.7 Å². The third-order valence-electron chi connectivity index (χ3n) is 12.6. The van der Waals surface area contributed by atoms with Gasteiger partial charge in [0, 0.05) is 51.4 Å². The van der Waals surface area contributed by atoms with Gasteiger partial charge in [-0.2, -0.15) is 8.67 Å². The molecule has 0 atom stereocenters. The van der Waals surface area contributed by atoms with Gasteiger partial charge in [0.15, 0.2) is 0 Å². The van der Waals surface area contributed by atoms with Crippen molar-refractivity contribution in [1.29, 1.82) is 0 Å². The fourth-order valence-corrected chi connectivity index (χ4v) is 10.9. The largest absolute Gasteiger partial charge is 0.496 e. The Hall–Kier alpha value is -4.24.